The molecule has 0 bridgehead atoms. The first-order valence-corrected chi connectivity index (χ1v) is 9.55. The van der Waals surface area contributed by atoms with Crippen LogP contribution in [0.4, 0.5) is 4.39 Å². The predicted octanol–water partition coefficient (Wildman–Crippen LogP) is 3.71. The molecule has 5 nitrogen and oxygen atoms in total. The van der Waals surface area contributed by atoms with Crippen LogP contribution in [0.2, 0.25) is 0 Å². The highest BCUT2D eigenvalue weighted by molar-refractivity contribution is 5.96. The fraction of sp³-hybridized carbons (Fsp3) is 0.364. The molecule has 1 N–H and O–H groups in total. The van der Waals surface area contributed by atoms with Crippen LogP contribution in [0.25, 0.3) is 0 Å². The van der Waals surface area contributed by atoms with Crippen molar-refractivity contribution in [3.05, 3.63) is 65.5 Å². The first-order valence-electron chi connectivity index (χ1n) is 9.55. The van der Waals surface area contributed by atoms with Crippen molar-refractivity contribution in [1.29, 1.82) is 0 Å². The maximum Gasteiger partial charge on any atom is 0.251 e. The number of ether oxygens (including phenoxy) is 1. The molecule has 28 heavy (non-hydrogen) atoms. The minimum atomic E-state index is -0.403. The fourth-order valence-corrected chi connectivity index (χ4v) is 3.54. The third-order valence-electron chi connectivity index (χ3n) is 5.08. The molecule has 2 aromatic rings. The van der Waals surface area contributed by atoms with Crippen LogP contribution in [0.15, 0.2) is 48.5 Å². The van der Waals surface area contributed by atoms with Gasteiger partial charge in [0.1, 0.15) is 11.6 Å². The second-order valence-corrected chi connectivity index (χ2v) is 6.91. The Hall–Kier alpha value is -2.89. The summed E-state index contributed by atoms with van der Waals surface area (Å²) in [5, 5.41) is 2.65. The number of carbonyl (C=O) groups is 2. The van der Waals surface area contributed by atoms with E-state index in [4.69, 9.17) is 4.74 Å². The number of rotatable bonds is 5. The number of halogens is 1. The molecule has 148 valence electrons. The summed E-state index contributed by atoms with van der Waals surface area (Å²) in [6.45, 7) is 0.588. The minimum Gasteiger partial charge on any atom is -0.497 e. The van der Waals surface area contributed by atoms with Crippen LogP contribution < -0.4 is 10.1 Å². The number of likely N-dealkylation sites (tertiary alicyclic amines) is 1. The quantitative estimate of drug-likeness (QED) is 0.855. The number of hydrogen-bond donors (Lipinski definition) is 1. The first kappa shape index (κ1) is 19.9. The Balaban J connectivity index is 1.67. The molecule has 3 rings (SSSR count). The van der Waals surface area contributed by atoms with Crippen LogP contribution >= 0.6 is 0 Å². The molecule has 2 amide bonds. The Bertz CT molecular complexity index is 806. The van der Waals surface area contributed by atoms with Crippen molar-refractivity contribution in [2.75, 3.05) is 20.2 Å². The first-order chi connectivity index (χ1) is 13.6. The average molecular weight is 384 g/mol. The van der Waals surface area contributed by atoms with Gasteiger partial charge in [0.15, 0.2) is 0 Å². The van der Waals surface area contributed by atoms with Crippen molar-refractivity contribution in [3.8, 4) is 5.75 Å². The Morgan fingerprint density at radius 1 is 1.07 bits per heavy atom. The zero-order valence-electron chi connectivity index (χ0n) is 16.0. The topological polar surface area (TPSA) is 58.6 Å². The lowest BCUT2D eigenvalue weighted by molar-refractivity contribution is -0.132. The molecule has 0 aliphatic carbocycles. The van der Waals surface area contributed by atoms with E-state index < -0.39 is 5.82 Å². The molecule has 1 atom stereocenters. The van der Waals surface area contributed by atoms with Crippen LogP contribution in [0.3, 0.4) is 0 Å². The number of nitrogens with zero attached hydrogens (tertiary/aromatic N) is 1. The van der Waals surface area contributed by atoms with Gasteiger partial charge in [0, 0.05) is 12.1 Å². The average Bonchev–Trinajstić information content (AvgIpc) is 2.98. The second kappa shape index (κ2) is 9.35. The van der Waals surface area contributed by atoms with Gasteiger partial charge < -0.3 is 15.0 Å². The molecule has 0 aromatic heterocycles. The van der Waals surface area contributed by atoms with Gasteiger partial charge in [-0.3, -0.25) is 9.59 Å². The van der Waals surface area contributed by atoms with E-state index in [1.54, 1.807) is 7.11 Å². The largest absolute Gasteiger partial charge is 0.497 e. The number of carbonyl (C=O) groups excluding carboxylic acids is 2. The molecule has 6 heteroatoms. The zero-order valence-corrected chi connectivity index (χ0v) is 16.0. The molecular formula is C22H25FN2O3. The van der Waals surface area contributed by atoms with Crippen LogP contribution in [0, 0.1) is 5.82 Å². The second-order valence-electron chi connectivity index (χ2n) is 6.91. The Labute approximate surface area is 164 Å². The van der Waals surface area contributed by atoms with Crippen LogP contribution in [-0.4, -0.2) is 36.9 Å². The number of benzene rings is 2. The molecule has 1 unspecified atom stereocenters. The van der Waals surface area contributed by atoms with E-state index in [0.29, 0.717) is 12.1 Å². The summed E-state index contributed by atoms with van der Waals surface area (Å²) in [6.07, 6.45) is 3.98. The number of methoxy groups -OCH3 is 1. The van der Waals surface area contributed by atoms with Crippen molar-refractivity contribution >= 4 is 11.8 Å². The lowest BCUT2D eigenvalue weighted by atomic mass is 10.0. The minimum absolute atomic E-state index is 0.0105. The SMILES string of the molecule is COc1ccc(C2CCCCCN2C(=O)CNC(=O)c2ccc(F)cc2)cc1. The van der Waals surface area contributed by atoms with E-state index in [1.165, 1.54) is 24.3 Å². The smallest absolute Gasteiger partial charge is 0.251 e. The van der Waals surface area contributed by atoms with Crippen molar-refractivity contribution in [2.45, 2.75) is 31.7 Å². The number of hydrogen-bond acceptors (Lipinski definition) is 3. The van der Waals surface area contributed by atoms with E-state index in [0.717, 1.165) is 37.0 Å². The third kappa shape index (κ3) is 4.88. The van der Waals surface area contributed by atoms with E-state index in [2.05, 4.69) is 5.32 Å². The number of amides is 2. The Morgan fingerprint density at radius 3 is 2.46 bits per heavy atom. The van der Waals surface area contributed by atoms with Gasteiger partial charge >= 0.3 is 0 Å². The molecule has 1 fully saturated rings. The predicted molar refractivity (Wildman–Crippen MR) is 105 cm³/mol. The third-order valence-corrected chi connectivity index (χ3v) is 5.08. The maximum atomic E-state index is 13.0. The highest BCUT2D eigenvalue weighted by Crippen LogP contribution is 2.31. The lowest BCUT2D eigenvalue weighted by Gasteiger charge is -2.30. The molecule has 1 aliphatic rings. The van der Waals surface area contributed by atoms with Gasteiger partial charge in [-0.05, 0) is 54.8 Å². The van der Waals surface area contributed by atoms with Crippen LogP contribution in [0.1, 0.15) is 47.6 Å². The summed E-state index contributed by atoms with van der Waals surface area (Å²) >= 11 is 0. The lowest BCUT2D eigenvalue weighted by Crippen LogP contribution is -2.42. The van der Waals surface area contributed by atoms with Gasteiger partial charge in [0.25, 0.3) is 5.91 Å². The van der Waals surface area contributed by atoms with Gasteiger partial charge in [0.2, 0.25) is 5.91 Å². The number of nitrogens with one attached hydrogen (secondary N) is 1. The summed E-state index contributed by atoms with van der Waals surface area (Å²) < 4.78 is 18.2. The Kier molecular flexibility index (Phi) is 6.63. The van der Waals surface area contributed by atoms with Crippen molar-refractivity contribution < 1.29 is 18.7 Å². The van der Waals surface area contributed by atoms with Gasteiger partial charge in [-0.1, -0.05) is 25.0 Å². The highest BCUT2D eigenvalue weighted by atomic mass is 19.1. The van der Waals surface area contributed by atoms with Crippen molar-refractivity contribution in [3.63, 3.8) is 0 Å². The molecule has 1 heterocycles. The van der Waals surface area contributed by atoms with Crippen molar-refractivity contribution in [1.82, 2.24) is 10.2 Å². The molecular weight excluding hydrogens is 359 g/mol. The molecule has 1 aliphatic heterocycles. The fourth-order valence-electron chi connectivity index (χ4n) is 3.54. The molecule has 0 saturated carbocycles. The highest BCUT2D eigenvalue weighted by Gasteiger charge is 2.27. The van der Waals surface area contributed by atoms with Crippen LogP contribution in [-0.2, 0) is 4.79 Å². The molecule has 0 spiro atoms. The summed E-state index contributed by atoms with van der Waals surface area (Å²) in [6, 6.07) is 13.0. The molecule has 2 aromatic carbocycles. The van der Waals surface area contributed by atoms with E-state index >= 15 is 0 Å². The van der Waals surface area contributed by atoms with Crippen LogP contribution in [0.5, 0.6) is 5.75 Å². The molecule has 0 radical (unpaired) electrons. The summed E-state index contributed by atoms with van der Waals surface area (Å²) in [5.41, 5.74) is 1.40. The Morgan fingerprint density at radius 2 is 1.79 bits per heavy atom. The van der Waals surface area contributed by atoms with E-state index in [1.807, 2.05) is 29.2 Å². The van der Waals surface area contributed by atoms with Gasteiger partial charge in [-0.25, -0.2) is 4.39 Å². The van der Waals surface area contributed by atoms with E-state index in [9.17, 15) is 14.0 Å². The van der Waals surface area contributed by atoms with Gasteiger partial charge in [-0.2, -0.15) is 0 Å². The van der Waals surface area contributed by atoms with Crippen molar-refractivity contribution in [2.24, 2.45) is 0 Å². The summed E-state index contributed by atoms with van der Waals surface area (Å²) in [5.74, 6) is -0.122. The van der Waals surface area contributed by atoms with Gasteiger partial charge in [-0.15, -0.1) is 0 Å². The molecule has 1 saturated heterocycles. The van der Waals surface area contributed by atoms with E-state index in [-0.39, 0.29) is 24.4 Å². The normalized spacial score (nSPS) is 16.9. The summed E-state index contributed by atoms with van der Waals surface area (Å²) in [7, 11) is 1.63. The zero-order chi connectivity index (χ0) is 19.9. The van der Waals surface area contributed by atoms with Gasteiger partial charge in [0.05, 0.1) is 19.7 Å². The summed E-state index contributed by atoms with van der Waals surface area (Å²) in [4.78, 5) is 26.9. The maximum absolute atomic E-state index is 13.0. The standard InChI is InChI=1S/C22H25FN2O3/c1-28-19-12-8-16(9-13-19)20-5-3-2-4-14-25(20)21(26)15-24-22(27)17-6-10-18(23)11-7-17/h6-13,20H,2-5,14-15H2,1H3,(H,24,27). The monoisotopic (exact) mass is 384 g/mol.